The number of likely N-dealkylation sites (tertiary alicyclic amines) is 2. The van der Waals surface area contributed by atoms with Crippen LogP contribution in [-0.4, -0.2) is 58.3 Å². The Kier molecular flexibility index (Phi) is 6.09. The van der Waals surface area contributed by atoms with Crippen LogP contribution in [0.1, 0.15) is 48.3 Å². The van der Waals surface area contributed by atoms with Crippen molar-refractivity contribution in [3.8, 4) is 0 Å². The molecule has 2 saturated heterocycles. The van der Waals surface area contributed by atoms with Crippen molar-refractivity contribution in [3.05, 3.63) is 71.9 Å². The molecular weight excluding hydrogens is 442 g/mol. The summed E-state index contributed by atoms with van der Waals surface area (Å²) in [4.78, 5) is 42.2. The first-order chi connectivity index (χ1) is 16.9. The number of benzene rings is 2. The number of carbonyl (C=O) groups is 3. The molecule has 182 valence electrons. The number of carbonyl (C=O) groups excluding carboxylic acids is 3. The maximum absolute atomic E-state index is 13.4. The summed E-state index contributed by atoms with van der Waals surface area (Å²) in [6, 6.07) is 19.2. The van der Waals surface area contributed by atoms with Gasteiger partial charge in [0.25, 0.3) is 11.8 Å². The third-order valence-electron chi connectivity index (χ3n) is 7.64. The molecule has 2 fully saturated rings. The van der Waals surface area contributed by atoms with Crippen molar-refractivity contribution in [2.45, 2.75) is 32.3 Å². The zero-order chi connectivity index (χ0) is 24.6. The van der Waals surface area contributed by atoms with E-state index < -0.39 is 12.1 Å². The molecule has 3 aromatic rings. The topological polar surface area (TPSA) is 71.9 Å². The summed E-state index contributed by atoms with van der Waals surface area (Å²) in [5.74, 6) is -0.581. The highest BCUT2D eigenvalue weighted by Gasteiger charge is 2.44. The van der Waals surface area contributed by atoms with Gasteiger partial charge in [-0.25, -0.2) is 0 Å². The molecule has 3 heterocycles. The number of nitrogens with zero attached hydrogens (tertiary/aromatic N) is 3. The Bertz CT molecular complexity index is 1260. The van der Waals surface area contributed by atoms with Crippen LogP contribution in [0.15, 0.2) is 60.7 Å². The van der Waals surface area contributed by atoms with Gasteiger partial charge < -0.3 is 19.1 Å². The lowest BCUT2D eigenvalue weighted by Crippen LogP contribution is -2.45. The average Bonchev–Trinajstić information content (AvgIpc) is 3.44. The second-order valence-corrected chi connectivity index (χ2v) is 9.85. The van der Waals surface area contributed by atoms with Crippen LogP contribution in [0.4, 0.5) is 0 Å². The van der Waals surface area contributed by atoms with E-state index in [2.05, 4.69) is 0 Å². The van der Waals surface area contributed by atoms with E-state index in [9.17, 15) is 14.4 Å². The van der Waals surface area contributed by atoms with E-state index in [1.54, 1.807) is 0 Å². The van der Waals surface area contributed by atoms with Gasteiger partial charge in [0.05, 0.1) is 0 Å². The first-order valence-electron chi connectivity index (χ1n) is 12.2. The van der Waals surface area contributed by atoms with E-state index in [1.807, 2.05) is 82.1 Å². The van der Waals surface area contributed by atoms with Gasteiger partial charge in [0, 0.05) is 56.6 Å². The molecule has 0 bridgehead atoms. The number of aromatic nitrogens is 1. The van der Waals surface area contributed by atoms with Crippen LogP contribution in [0.5, 0.6) is 0 Å². The van der Waals surface area contributed by atoms with Crippen LogP contribution in [0.3, 0.4) is 0 Å². The molecular formula is C28H31N3O4. The number of para-hydroxylation sites is 1. The Hall–Kier alpha value is -3.61. The van der Waals surface area contributed by atoms with Crippen molar-refractivity contribution in [2.75, 3.05) is 26.2 Å². The average molecular weight is 474 g/mol. The highest BCUT2D eigenvalue weighted by atomic mass is 16.5. The number of amides is 2. The molecule has 2 amide bonds. The van der Waals surface area contributed by atoms with Crippen molar-refractivity contribution in [1.82, 2.24) is 14.4 Å². The van der Waals surface area contributed by atoms with Gasteiger partial charge in [-0.1, -0.05) is 48.5 Å². The summed E-state index contributed by atoms with van der Waals surface area (Å²) in [7, 11) is 1.94. The monoisotopic (exact) mass is 473 g/mol. The fourth-order valence-electron chi connectivity index (χ4n) is 5.59. The molecule has 7 heteroatoms. The standard InChI is InChI=1S/C28H31N3O4/c1-20(32)35-25(21-8-4-3-5-9-21)27(34)31-17-14-28(19-31)12-15-30(16-13-28)26(33)24-18-22-10-6-7-11-23(22)29(24)2/h3-11,18,25H,12-17,19H2,1-2H3. The molecule has 35 heavy (non-hydrogen) atoms. The first-order valence-corrected chi connectivity index (χ1v) is 12.2. The minimum atomic E-state index is -0.919. The van der Waals surface area contributed by atoms with Crippen LogP contribution in [-0.2, 0) is 21.4 Å². The van der Waals surface area contributed by atoms with Gasteiger partial charge in [-0.05, 0) is 36.8 Å². The molecule has 1 atom stereocenters. The summed E-state index contributed by atoms with van der Waals surface area (Å²) in [5, 5.41) is 1.07. The van der Waals surface area contributed by atoms with Crippen molar-refractivity contribution < 1.29 is 19.1 Å². The fraction of sp³-hybridized carbons (Fsp3) is 0.393. The van der Waals surface area contributed by atoms with Gasteiger partial charge in [-0.3, -0.25) is 14.4 Å². The van der Waals surface area contributed by atoms with E-state index in [1.165, 1.54) is 6.92 Å². The van der Waals surface area contributed by atoms with Gasteiger partial charge >= 0.3 is 5.97 Å². The highest BCUT2D eigenvalue weighted by molar-refractivity contribution is 5.98. The van der Waals surface area contributed by atoms with E-state index >= 15 is 0 Å². The van der Waals surface area contributed by atoms with Crippen molar-refractivity contribution >= 4 is 28.7 Å². The highest BCUT2D eigenvalue weighted by Crippen LogP contribution is 2.41. The van der Waals surface area contributed by atoms with E-state index in [0.29, 0.717) is 37.4 Å². The van der Waals surface area contributed by atoms with Gasteiger partial charge in [0.1, 0.15) is 5.69 Å². The van der Waals surface area contributed by atoms with E-state index in [-0.39, 0.29) is 17.2 Å². The normalized spacial score (nSPS) is 18.1. The molecule has 0 saturated carbocycles. The summed E-state index contributed by atoms with van der Waals surface area (Å²) < 4.78 is 7.40. The van der Waals surface area contributed by atoms with Crippen molar-refractivity contribution in [3.63, 3.8) is 0 Å². The Morgan fingerprint density at radius 1 is 0.886 bits per heavy atom. The lowest BCUT2D eigenvalue weighted by atomic mass is 9.77. The Morgan fingerprint density at radius 3 is 2.17 bits per heavy atom. The smallest absolute Gasteiger partial charge is 0.303 e. The van der Waals surface area contributed by atoms with Gasteiger partial charge in [0.15, 0.2) is 0 Å². The quantitative estimate of drug-likeness (QED) is 0.538. The molecule has 2 aromatic carbocycles. The maximum Gasteiger partial charge on any atom is 0.303 e. The second kappa shape index (κ2) is 9.21. The largest absolute Gasteiger partial charge is 0.447 e. The predicted molar refractivity (Wildman–Crippen MR) is 133 cm³/mol. The van der Waals surface area contributed by atoms with E-state index in [4.69, 9.17) is 4.74 Å². The number of fused-ring (bicyclic) bond motifs is 1. The molecule has 0 N–H and O–H groups in total. The molecule has 1 spiro atoms. The number of piperidine rings is 1. The van der Waals surface area contributed by atoms with Gasteiger partial charge in [0.2, 0.25) is 6.10 Å². The third-order valence-corrected chi connectivity index (χ3v) is 7.64. The zero-order valence-corrected chi connectivity index (χ0v) is 20.3. The summed E-state index contributed by atoms with van der Waals surface area (Å²) in [5.41, 5.74) is 2.44. The van der Waals surface area contributed by atoms with Gasteiger partial charge in [-0.15, -0.1) is 0 Å². The van der Waals surface area contributed by atoms with Crippen molar-refractivity contribution in [2.24, 2.45) is 12.5 Å². The van der Waals surface area contributed by atoms with Crippen LogP contribution in [0.2, 0.25) is 0 Å². The SMILES string of the molecule is CC(=O)OC(C(=O)N1CCC2(CCN(C(=O)c3cc4ccccc4n3C)CC2)C1)c1ccccc1. The fourth-order valence-corrected chi connectivity index (χ4v) is 5.59. The number of hydrogen-bond acceptors (Lipinski definition) is 4. The minimum Gasteiger partial charge on any atom is -0.447 e. The molecule has 1 unspecified atom stereocenters. The number of ether oxygens (including phenoxy) is 1. The summed E-state index contributed by atoms with van der Waals surface area (Å²) in [6.07, 6.45) is 1.69. The second-order valence-electron chi connectivity index (χ2n) is 9.85. The molecule has 1 aromatic heterocycles. The lowest BCUT2D eigenvalue weighted by molar-refractivity contribution is -0.159. The van der Waals surface area contributed by atoms with Crippen LogP contribution in [0.25, 0.3) is 10.9 Å². The van der Waals surface area contributed by atoms with Crippen molar-refractivity contribution in [1.29, 1.82) is 0 Å². The van der Waals surface area contributed by atoms with E-state index in [0.717, 1.165) is 30.2 Å². The molecule has 2 aliphatic rings. The Balaban J connectivity index is 1.25. The lowest BCUT2D eigenvalue weighted by Gasteiger charge is -2.39. The molecule has 0 radical (unpaired) electrons. The number of aryl methyl sites for hydroxylation is 1. The molecule has 0 aliphatic carbocycles. The van der Waals surface area contributed by atoms with Crippen LogP contribution < -0.4 is 0 Å². The summed E-state index contributed by atoms with van der Waals surface area (Å²) >= 11 is 0. The predicted octanol–water partition coefficient (Wildman–Crippen LogP) is 3.94. The number of esters is 1. The van der Waals surface area contributed by atoms with Crippen LogP contribution in [0, 0.1) is 5.41 Å². The zero-order valence-electron chi connectivity index (χ0n) is 20.3. The maximum atomic E-state index is 13.4. The number of rotatable bonds is 4. The molecule has 5 rings (SSSR count). The molecule has 2 aliphatic heterocycles. The molecule has 7 nitrogen and oxygen atoms in total. The number of hydrogen-bond donors (Lipinski definition) is 0. The minimum absolute atomic E-state index is 0.00280. The summed E-state index contributed by atoms with van der Waals surface area (Å²) in [6.45, 7) is 3.95. The first kappa shape index (κ1) is 23.1. The van der Waals surface area contributed by atoms with Gasteiger partial charge in [-0.2, -0.15) is 0 Å². The third kappa shape index (κ3) is 4.43. The Morgan fingerprint density at radius 2 is 1.51 bits per heavy atom. The van der Waals surface area contributed by atoms with Crippen LogP contribution >= 0.6 is 0 Å². The Labute approximate surface area is 205 Å².